The van der Waals surface area contributed by atoms with Gasteiger partial charge in [-0.15, -0.1) is 0 Å². The van der Waals surface area contributed by atoms with Gasteiger partial charge in [0.05, 0.1) is 0 Å². The summed E-state index contributed by atoms with van der Waals surface area (Å²) in [6, 6.07) is 10.2. The molecule has 3 aromatic rings. The van der Waals surface area contributed by atoms with Crippen molar-refractivity contribution in [1.82, 2.24) is 14.8 Å². The van der Waals surface area contributed by atoms with E-state index in [9.17, 15) is 14.7 Å². The summed E-state index contributed by atoms with van der Waals surface area (Å²) in [5.41, 5.74) is 3.18. The highest BCUT2D eigenvalue weighted by Gasteiger charge is 2.32. The molecular weight excluding hydrogens is 451 g/mol. The molecule has 1 aliphatic heterocycles. The van der Waals surface area contributed by atoms with Gasteiger partial charge >= 0.3 is 5.97 Å². The Balaban J connectivity index is 1.48. The van der Waals surface area contributed by atoms with Crippen LogP contribution in [0.2, 0.25) is 10.0 Å². The van der Waals surface area contributed by atoms with Gasteiger partial charge in [0.25, 0.3) is 0 Å². The maximum atomic E-state index is 12.2. The molecule has 9 heteroatoms. The van der Waals surface area contributed by atoms with Crippen LogP contribution in [0.4, 0.5) is 5.69 Å². The molecule has 1 aromatic heterocycles. The summed E-state index contributed by atoms with van der Waals surface area (Å²) in [5.74, 6) is -1.04. The van der Waals surface area contributed by atoms with E-state index in [0.29, 0.717) is 35.4 Å². The molecule has 1 fully saturated rings. The number of nitrogens with one attached hydrogen (secondary N) is 2. The number of amides is 1. The maximum absolute atomic E-state index is 12.2. The van der Waals surface area contributed by atoms with Gasteiger partial charge < -0.3 is 15.4 Å². The van der Waals surface area contributed by atoms with E-state index in [-0.39, 0.29) is 5.91 Å². The SMILES string of the molecule is CC(=O)Nc1ccc2c([C@H](C(=O)O)N3CCN(Cc4ccc(Cl)cc4Cl)CC3)c[nH]c2c1. The zero-order chi connectivity index (χ0) is 22.8. The number of carboxylic acids is 1. The predicted octanol–water partition coefficient (Wildman–Crippen LogP) is 4.38. The molecule has 2 heterocycles. The highest BCUT2D eigenvalue weighted by Crippen LogP contribution is 2.31. The largest absolute Gasteiger partial charge is 0.480 e. The number of anilines is 1. The van der Waals surface area contributed by atoms with Gasteiger partial charge in [0.2, 0.25) is 5.91 Å². The molecule has 4 rings (SSSR count). The van der Waals surface area contributed by atoms with Crippen molar-refractivity contribution in [3.05, 3.63) is 63.8 Å². The molecular formula is C23H24Cl2N4O3. The standard InChI is InChI=1S/C23H24Cl2N4O3/c1-14(30)27-17-4-5-18-19(12-26-21(18)11-17)22(23(31)32)29-8-6-28(7-9-29)13-15-2-3-16(24)10-20(15)25/h2-5,10-12,22,26H,6-9,13H2,1H3,(H,27,30)(H,31,32)/t22-/m1/s1. The van der Waals surface area contributed by atoms with Gasteiger partial charge in [-0.3, -0.25) is 19.4 Å². The molecule has 1 atom stereocenters. The fraction of sp³-hybridized carbons (Fsp3) is 0.304. The van der Waals surface area contributed by atoms with Crippen LogP contribution in [-0.2, 0) is 16.1 Å². The van der Waals surface area contributed by atoms with Crippen LogP contribution in [0.1, 0.15) is 24.1 Å². The van der Waals surface area contributed by atoms with Crippen LogP contribution in [-0.4, -0.2) is 57.9 Å². The second kappa shape index (κ2) is 9.50. The monoisotopic (exact) mass is 474 g/mol. The maximum Gasteiger partial charge on any atom is 0.325 e. The van der Waals surface area contributed by atoms with Gasteiger partial charge in [-0.25, -0.2) is 0 Å². The molecule has 2 aromatic carbocycles. The van der Waals surface area contributed by atoms with Crippen molar-refractivity contribution in [2.45, 2.75) is 19.5 Å². The quantitative estimate of drug-likeness (QED) is 0.493. The molecule has 0 bridgehead atoms. The Kier molecular flexibility index (Phi) is 6.71. The number of aliphatic carboxylic acids is 1. The lowest BCUT2D eigenvalue weighted by Gasteiger charge is -2.37. The molecule has 7 nitrogen and oxygen atoms in total. The van der Waals surface area contributed by atoms with Crippen molar-refractivity contribution in [2.75, 3.05) is 31.5 Å². The number of aromatic amines is 1. The molecule has 168 valence electrons. The summed E-state index contributed by atoms with van der Waals surface area (Å²) in [7, 11) is 0. The van der Waals surface area contributed by atoms with Crippen LogP contribution in [0.15, 0.2) is 42.6 Å². The Bertz CT molecular complexity index is 1160. The zero-order valence-corrected chi connectivity index (χ0v) is 19.1. The third-order valence-corrected chi connectivity index (χ3v) is 6.33. The fourth-order valence-corrected chi connectivity index (χ4v) is 4.68. The highest BCUT2D eigenvalue weighted by molar-refractivity contribution is 6.35. The molecule has 1 aliphatic rings. The minimum atomic E-state index is -0.883. The Morgan fingerprint density at radius 3 is 2.53 bits per heavy atom. The second-order valence-electron chi connectivity index (χ2n) is 7.97. The lowest BCUT2D eigenvalue weighted by atomic mass is 10.0. The number of carboxylic acid groups (broad SMARTS) is 1. The van der Waals surface area contributed by atoms with E-state index in [1.54, 1.807) is 18.3 Å². The molecule has 1 amide bonds. The molecule has 3 N–H and O–H groups in total. The Hall–Kier alpha value is -2.58. The summed E-state index contributed by atoms with van der Waals surface area (Å²) in [4.78, 5) is 31.0. The van der Waals surface area contributed by atoms with E-state index in [0.717, 1.165) is 35.1 Å². The van der Waals surface area contributed by atoms with E-state index >= 15 is 0 Å². The summed E-state index contributed by atoms with van der Waals surface area (Å²) in [5, 5.41) is 14.9. The summed E-state index contributed by atoms with van der Waals surface area (Å²) >= 11 is 12.3. The number of carbonyl (C=O) groups is 2. The second-order valence-corrected chi connectivity index (χ2v) is 8.82. The number of halogens is 2. The first-order chi connectivity index (χ1) is 15.3. The number of rotatable bonds is 6. The van der Waals surface area contributed by atoms with Crippen molar-refractivity contribution in [1.29, 1.82) is 0 Å². The normalized spacial score (nSPS) is 16.2. The lowest BCUT2D eigenvalue weighted by molar-refractivity contribution is -0.144. The average molecular weight is 475 g/mol. The first-order valence-electron chi connectivity index (χ1n) is 10.3. The number of piperazine rings is 1. The number of nitrogens with zero attached hydrogens (tertiary/aromatic N) is 2. The van der Waals surface area contributed by atoms with Crippen LogP contribution in [0.25, 0.3) is 10.9 Å². The van der Waals surface area contributed by atoms with Crippen molar-refractivity contribution >= 4 is 51.7 Å². The first-order valence-corrected chi connectivity index (χ1v) is 11.1. The topological polar surface area (TPSA) is 88.7 Å². The molecule has 0 spiro atoms. The van der Waals surface area contributed by atoms with Crippen LogP contribution < -0.4 is 5.32 Å². The van der Waals surface area contributed by atoms with Crippen molar-refractivity contribution in [3.8, 4) is 0 Å². The molecule has 1 saturated heterocycles. The number of hydrogen-bond acceptors (Lipinski definition) is 4. The van der Waals surface area contributed by atoms with Crippen molar-refractivity contribution in [2.24, 2.45) is 0 Å². The first kappa shape index (κ1) is 22.6. The van der Waals surface area contributed by atoms with Crippen LogP contribution >= 0.6 is 23.2 Å². The average Bonchev–Trinajstić information content (AvgIpc) is 3.13. The highest BCUT2D eigenvalue weighted by atomic mass is 35.5. The Labute approximate surface area is 195 Å². The van der Waals surface area contributed by atoms with E-state index < -0.39 is 12.0 Å². The van der Waals surface area contributed by atoms with Crippen LogP contribution in [0, 0.1) is 0 Å². The van der Waals surface area contributed by atoms with Gasteiger partial charge in [-0.1, -0.05) is 35.3 Å². The van der Waals surface area contributed by atoms with Crippen LogP contribution in [0.5, 0.6) is 0 Å². The van der Waals surface area contributed by atoms with E-state index in [1.165, 1.54) is 6.92 Å². The smallest absolute Gasteiger partial charge is 0.325 e. The van der Waals surface area contributed by atoms with Gasteiger partial charge in [-0.2, -0.15) is 0 Å². The number of aromatic nitrogens is 1. The van der Waals surface area contributed by atoms with E-state index in [1.807, 2.05) is 29.2 Å². The zero-order valence-electron chi connectivity index (χ0n) is 17.6. The van der Waals surface area contributed by atoms with Crippen molar-refractivity contribution < 1.29 is 14.7 Å². The van der Waals surface area contributed by atoms with Gasteiger partial charge in [0, 0.05) is 78.0 Å². The van der Waals surface area contributed by atoms with Crippen LogP contribution in [0.3, 0.4) is 0 Å². The van der Waals surface area contributed by atoms with E-state index in [2.05, 4.69) is 15.2 Å². The molecule has 32 heavy (non-hydrogen) atoms. The lowest BCUT2D eigenvalue weighted by Crippen LogP contribution is -2.48. The third-order valence-electron chi connectivity index (χ3n) is 5.74. The van der Waals surface area contributed by atoms with Gasteiger partial charge in [0.15, 0.2) is 0 Å². The van der Waals surface area contributed by atoms with E-state index in [4.69, 9.17) is 23.2 Å². The number of carbonyl (C=O) groups excluding carboxylic acids is 1. The third kappa shape index (κ3) is 4.91. The minimum Gasteiger partial charge on any atom is -0.480 e. The molecule has 0 radical (unpaired) electrons. The predicted molar refractivity (Wildman–Crippen MR) is 126 cm³/mol. The number of H-pyrrole nitrogens is 1. The summed E-state index contributed by atoms with van der Waals surface area (Å²) < 4.78 is 0. The summed E-state index contributed by atoms with van der Waals surface area (Å²) in [6.45, 7) is 4.86. The number of hydrogen-bond donors (Lipinski definition) is 3. The molecule has 0 unspecified atom stereocenters. The fourth-order valence-electron chi connectivity index (χ4n) is 4.21. The number of fused-ring (bicyclic) bond motifs is 1. The van der Waals surface area contributed by atoms with Gasteiger partial charge in [0.1, 0.15) is 6.04 Å². The molecule has 0 aliphatic carbocycles. The van der Waals surface area contributed by atoms with Gasteiger partial charge in [-0.05, 0) is 29.8 Å². The minimum absolute atomic E-state index is 0.155. The molecule has 0 saturated carbocycles. The Morgan fingerprint density at radius 1 is 1.12 bits per heavy atom. The summed E-state index contributed by atoms with van der Waals surface area (Å²) in [6.07, 6.45) is 1.75. The Morgan fingerprint density at radius 2 is 1.88 bits per heavy atom. The van der Waals surface area contributed by atoms with Crippen molar-refractivity contribution in [3.63, 3.8) is 0 Å². The number of benzene rings is 2.